The number of likely N-dealkylation sites (tertiary alicyclic amines) is 1. The molecule has 4 rings (SSSR count). The lowest BCUT2D eigenvalue weighted by atomic mass is 9.85. The molecule has 0 spiro atoms. The van der Waals surface area contributed by atoms with E-state index < -0.39 is 0 Å². The molecule has 2 heterocycles. The predicted molar refractivity (Wildman–Crippen MR) is 134 cm³/mol. The molecule has 2 aliphatic rings. The molecule has 2 aliphatic heterocycles. The number of carbonyl (C=O) groups excluding carboxylic acids is 2. The van der Waals surface area contributed by atoms with Crippen molar-refractivity contribution in [3.8, 4) is 0 Å². The number of nitrogens with zero attached hydrogens (tertiary/aromatic N) is 1. The van der Waals surface area contributed by atoms with Crippen molar-refractivity contribution in [2.45, 2.75) is 68.0 Å². The largest absolute Gasteiger partial charge is 0.353 e. The summed E-state index contributed by atoms with van der Waals surface area (Å²) in [6.45, 7) is 2.99. The molecule has 0 aromatic heterocycles. The minimum atomic E-state index is -0.311. The molecular formula is C27H35N3O2S. The van der Waals surface area contributed by atoms with Gasteiger partial charge in [0.15, 0.2) is 0 Å². The summed E-state index contributed by atoms with van der Waals surface area (Å²) < 4.78 is 0. The number of hydrogen-bond acceptors (Lipinski definition) is 4. The highest BCUT2D eigenvalue weighted by atomic mass is 32.2. The molecular weight excluding hydrogens is 430 g/mol. The summed E-state index contributed by atoms with van der Waals surface area (Å²) in [7, 11) is 0. The Labute approximate surface area is 201 Å². The topological polar surface area (TPSA) is 61.4 Å². The number of rotatable bonds is 9. The van der Waals surface area contributed by atoms with Gasteiger partial charge in [0.1, 0.15) is 0 Å². The lowest BCUT2D eigenvalue weighted by Gasteiger charge is -2.33. The van der Waals surface area contributed by atoms with Gasteiger partial charge in [-0.25, -0.2) is 0 Å². The number of benzene rings is 2. The van der Waals surface area contributed by atoms with Gasteiger partial charge in [0.2, 0.25) is 11.8 Å². The second-order valence-corrected chi connectivity index (χ2v) is 10.3. The van der Waals surface area contributed by atoms with Gasteiger partial charge in [-0.3, -0.25) is 14.5 Å². The summed E-state index contributed by atoms with van der Waals surface area (Å²) in [6.07, 6.45) is 7.29. The van der Waals surface area contributed by atoms with Crippen LogP contribution in [-0.4, -0.2) is 47.6 Å². The van der Waals surface area contributed by atoms with E-state index in [1.54, 1.807) is 11.8 Å². The van der Waals surface area contributed by atoms with E-state index in [1.165, 1.54) is 16.0 Å². The van der Waals surface area contributed by atoms with Gasteiger partial charge in [-0.1, -0.05) is 42.5 Å². The van der Waals surface area contributed by atoms with E-state index >= 15 is 0 Å². The number of nitrogens with one attached hydrogen (secondary N) is 2. The zero-order chi connectivity index (χ0) is 23.1. The monoisotopic (exact) mass is 465 g/mol. The Morgan fingerprint density at radius 2 is 1.82 bits per heavy atom. The maximum absolute atomic E-state index is 12.8. The highest BCUT2D eigenvalue weighted by Crippen LogP contribution is 2.30. The molecule has 2 fully saturated rings. The van der Waals surface area contributed by atoms with Crippen molar-refractivity contribution in [1.29, 1.82) is 0 Å². The highest BCUT2D eigenvalue weighted by molar-refractivity contribution is 7.98. The van der Waals surface area contributed by atoms with Crippen LogP contribution in [0.1, 0.15) is 49.7 Å². The third kappa shape index (κ3) is 6.84. The van der Waals surface area contributed by atoms with Gasteiger partial charge >= 0.3 is 0 Å². The number of thioether (sulfide) groups is 1. The van der Waals surface area contributed by atoms with Crippen molar-refractivity contribution in [2.24, 2.45) is 0 Å². The first-order chi connectivity index (χ1) is 16.0. The molecule has 2 saturated heterocycles. The van der Waals surface area contributed by atoms with E-state index in [0.717, 1.165) is 45.3 Å². The fraction of sp³-hybridized carbons (Fsp3) is 0.481. The zero-order valence-corrected chi connectivity index (χ0v) is 20.3. The average molecular weight is 466 g/mol. The van der Waals surface area contributed by atoms with Crippen molar-refractivity contribution in [3.05, 3.63) is 65.7 Å². The molecule has 0 radical (unpaired) electrons. The maximum atomic E-state index is 12.8. The summed E-state index contributed by atoms with van der Waals surface area (Å²) in [6, 6.07) is 19.3. The van der Waals surface area contributed by atoms with E-state index in [4.69, 9.17) is 0 Å². The van der Waals surface area contributed by atoms with Crippen LogP contribution in [-0.2, 0) is 22.6 Å². The number of hydrogen-bond donors (Lipinski definition) is 2. The van der Waals surface area contributed by atoms with Crippen molar-refractivity contribution in [3.63, 3.8) is 0 Å². The Morgan fingerprint density at radius 3 is 2.45 bits per heavy atom. The summed E-state index contributed by atoms with van der Waals surface area (Å²) in [5.41, 5.74) is 2.24. The molecule has 2 aromatic carbocycles. The van der Waals surface area contributed by atoms with Crippen molar-refractivity contribution >= 4 is 23.6 Å². The summed E-state index contributed by atoms with van der Waals surface area (Å²) in [4.78, 5) is 28.5. The lowest BCUT2D eigenvalue weighted by Crippen LogP contribution is -2.47. The van der Waals surface area contributed by atoms with Gasteiger partial charge in [-0.15, -0.1) is 11.8 Å². The molecule has 176 valence electrons. The number of carbonyl (C=O) groups is 2. The fourth-order valence-corrected chi connectivity index (χ4v) is 5.45. The second kappa shape index (κ2) is 11.2. The molecule has 5 nitrogen and oxygen atoms in total. The molecule has 0 aliphatic carbocycles. The molecule has 0 bridgehead atoms. The van der Waals surface area contributed by atoms with Crippen LogP contribution in [0.25, 0.3) is 0 Å². The smallest absolute Gasteiger partial charge is 0.220 e. The van der Waals surface area contributed by atoms with Crippen LogP contribution < -0.4 is 10.6 Å². The maximum Gasteiger partial charge on any atom is 0.220 e. The molecule has 33 heavy (non-hydrogen) atoms. The quantitative estimate of drug-likeness (QED) is 0.546. The van der Waals surface area contributed by atoms with Gasteiger partial charge in [0.25, 0.3) is 0 Å². The summed E-state index contributed by atoms with van der Waals surface area (Å²) in [5.74, 6) is 0.205. The summed E-state index contributed by atoms with van der Waals surface area (Å²) >= 11 is 1.72. The SMILES string of the molecule is CSc1ccc(C[C@@]2(CCC(=O)NC3CCN(Cc4ccccc4)CC3)CCC(=O)N2)cc1. The Bertz CT molecular complexity index is 926. The van der Waals surface area contributed by atoms with E-state index in [1.807, 2.05) is 6.07 Å². The van der Waals surface area contributed by atoms with Gasteiger partial charge in [-0.05, 0) is 61.6 Å². The van der Waals surface area contributed by atoms with Crippen LogP contribution >= 0.6 is 11.8 Å². The Hall–Kier alpha value is -2.31. The minimum Gasteiger partial charge on any atom is -0.353 e. The van der Waals surface area contributed by atoms with Gasteiger partial charge < -0.3 is 10.6 Å². The minimum absolute atomic E-state index is 0.0990. The summed E-state index contributed by atoms with van der Waals surface area (Å²) in [5, 5.41) is 6.46. The van der Waals surface area contributed by atoms with Gasteiger partial charge in [-0.2, -0.15) is 0 Å². The average Bonchev–Trinajstić information content (AvgIpc) is 3.20. The Kier molecular flexibility index (Phi) is 8.10. The molecule has 2 amide bonds. The number of piperidine rings is 1. The Morgan fingerprint density at radius 1 is 1.09 bits per heavy atom. The molecule has 2 N–H and O–H groups in total. The van der Waals surface area contributed by atoms with Crippen molar-refractivity contribution < 1.29 is 9.59 Å². The molecule has 2 aromatic rings. The third-order valence-electron chi connectivity index (χ3n) is 6.97. The van der Waals surface area contributed by atoms with Crippen LogP contribution in [0.3, 0.4) is 0 Å². The van der Waals surface area contributed by atoms with Crippen LogP contribution in [0, 0.1) is 0 Å². The lowest BCUT2D eigenvalue weighted by molar-refractivity contribution is -0.123. The first-order valence-corrected chi connectivity index (χ1v) is 13.3. The van der Waals surface area contributed by atoms with Crippen LogP contribution in [0.5, 0.6) is 0 Å². The Balaban J connectivity index is 1.24. The third-order valence-corrected chi connectivity index (χ3v) is 7.71. The van der Waals surface area contributed by atoms with E-state index in [9.17, 15) is 9.59 Å². The van der Waals surface area contributed by atoms with Crippen molar-refractivity contribution in [2.75, 3.05) is 19.3 Å². The molecule has 0 unspecified atom stereocenters. The molecule has 6 heteroatoms. The first kappa shape index (κ1) is 23.8. The van der Waals surface area contributed by atoms with Gasteiger partial charge in [0, 0.05) is 49.0 Å². The van der Waals surface area contributed by atoms with Crippen LogP contribution in [0.15, 0.2) is 59.5 Å². The van der Waals surface area contributed by atoms with Crippen LogP contribution in [0.2, 0.25) is 0 Å². The second-order valence-electron chi connectivity index (χ2n) is 9.46. The zero-order valence-electron chi connectivity index (χ0n) is 19.5. The van der Waals surface area contributed by atoms with E-state index in [0.29, 0.717) is 19.3 Å². The van der Waals surface area contributed by atoms with Crippen LogP contribution in [0.4, 0.5) is 0 Å². The van der Waals surface area contributed by atoms with E-state index in [2.05, 4.69) is 70.3 Å². The van der Waals surface area contributed by atoms with E-state index in [-0.39, 0.29) is 23.4 Å². The van der Waals surface area contributed by atoms with Crippen molar-refractivity contribution in [1.82, 2.24) is 15.5 Å². The van der Waals surface area contributed by atoms with Gasteiger partial charge in [0.05, 0.1) is 0 Å². The predicted octanol–water partition coefficient (Wildman–Crippen LogP) is 4.16. The number of amides is 2. The normalized spacial score (nSPS) is 21.7. The first-order valence-electron chi connectivity index (χ1n) is 12.0. The molecule has 0 saturated carbocycles. The standard InChI is InChI=1S/C27H35N3O2S/c1-33-24-9-7-21(8-10-24)19-27(16-12-26(32)29-27)15-11-25(31)28-23-13-17-30(18-14-23)20-22-5-3-2-4-6-22/h2-10,23H,11-20H2,1H3,(H,28,31)(H,29,32)/t27-/m1/s1. The molecule has 1 atom stereocenters. The fourth-order valence-electron chi connectivity index (χ4n) is 5.05. The highest BCUT2D eigenvalue weighted by Gasteiger charge is 2.38.